The zero-order valence-corrected chi connectivity index (χ0v) is 10.1. The van der Waals surface area contributed by atoms with Gasteiger partial charge in [-0.25, -0.2) is 0 Å². The van der Waals surface area contributed by atoms with Crippen LogP contribution >= 0.6 is 11.6 Å². The second-order valence-corrected chi connectivity index (χ2v) is 4.12. The van der Waals surface area contributed by atoms with Gasteiger partial charge < -0.3 is 0 Å². The molecular formula is C12H19ClN2. The average Bonchev–Trinajstić information content (AvgIpc) is 2.59. The predicted octanol–water partition coefficient (Wildman–Crippen LogP) is 4.15. The van der Waals surface area contributed by atoms with Crippen LogP contribution in [0.25, 0.3) is 6.08 Å². The molecule has 1 aromatic rings. The number of aromatic nitrogens is 2. The van der Waals surface area contributed by atoms with E-state index in [-0.39, 0.29) is 0 Å². The number of nitrogens with zero attached hydrogens (tertiary/aromatic N) is 2. The summed E-state index contributed by atoms with van der Waals surface area (Å²) in [4.78, 5) is 0. The van der Waals surface area contributed by atoms with Crippen molar-refractivity contribution in [2.45, 2.75) is 45.6 Å². The lowest BCUT2D eigenvalue weighted by molar-refractivity contribution is 0.533. The molecule has 0 saturated carbocycles. The van der Waals surface area contributed by atoms with Gasteiger partial charge in [-0.15, -0.1) is 0 Å². The maximum atomic E-state index is 6.02. The van der Waals surface area contributed by atoms with Gasteiger partial charge in [-0.05, 0) is 12.5 Å². The molecule has 0 bridgehead atoms. The van der Waals surface area contributed by atoms with Crippen LogP contribution in [0.2, 0.25) is 5.15 Å². The van der Waals surface area contributed by atoms with Gasteiger partial charge in [-0.3, -0.25) is 4.68 Å². The monoisotopic (exact) mass is 226 g/mol. The summed E-state index contributed by atoms with van der Waals surface area (Å²) in [6.45, 7) is 6.81. The van der Waals surface area contributed by atoms with Gasteiger partial charge in [0.25, 0.3) is 0 Å². The molecule has 0 radical (unpaired) electrons. The Kier molecular flexibility index (Phi) is 5.48. The molecule has 0 N–H and O–H groups in total. The van der Waals surface area contributed by atoms with Crippen LogP contribution in [0.15, 0.2) is 12.6 Å². The molecule has 2 nitrogen and oxygen atoms in total. The van der Waals surface area contributed by atoms with Gasteiger partial charge in [0, 0.05) is 12.6 Å². The molecule has 3 heteroatoms. The number of hydrogen-bond donors (Lipinski definition) is 0. The van der Waals surface area contributed by atoms with E-state index >= 15 is 0 Å². The molecule has 1 aromatic heterocycles. The van der Waals surface area contributed by atoms with E-state index in [0.717, 1.165) is 18.7 Å². The molecule has 0 saturated heterocycles. The van der Waals surface area contributed by atoms with Crippen molar-refractivity contribution in [1.29, 1.82) is 0 Å². The highest BCUT2D eigenvalue weighted by atomic mass is 35.5. The largest absolute Gasteiger partial charge is 0.253 e. The standard InChI is InChI=1S/C12H19ClN2/c1-3-5-6-7-8-9-15-12(13)10-11(4-2)14-15/h4,10H,2-3,5-9H2,1H3. The molecule has 0 aliphatic heterocycles. The molecule has 0 aliphatic rings. The van der Waals surface area contributed by atoms with Crippen molar-refractivity contribution in [2.75, 3.05) is 0 Å². The Morgan fingerprint density at radius 1 is 1.40 bits per heavy atom. The van der Waals surface area contributed by atoms with Crippen LogP contribution in [0.3, 0.4) is 0 Å². The normalized spacial score (nSPS) is 10.5. The molecule has 1 rings (SSSR count). The van der Waals surface area contributed by atoms with E-state index in [1.807, 2.05) is 10.7 Å². The number of rotatable bonds is 7. The van der Waals surface area contributed by atoms with E-state index in [1.165, 1.54) is 25.7 Å². The fraction of sp³-hybridized carbons (Fsp3) is 0.583. The third-order valence-corrected chi connectivity index (χ3v) is 2.74. The quantitative estimate of drug-likeness (QED) is 0.639. The minimum atomic E-state index is 0.709. The Bertz CT molecular complexity index is 305. The van der Waals surface area contributed by atoms with Crippen LogP contribution in [-0.4, -0.2) is 9.78 Å². The lowest BCUT2D eigenvalue weighted by atomic mass is 10.1. The number of unbranched alkanes of at least 4 members (excludes halogenated alkanes) is 4. The number of halogens is 1. The summed E-state index contributed by atoms with van der Waals surface area (Å²) in [5.74, 6) is 0. The fourth-order valence-electron chi connectivity index (χ4n) is 1.53. The van der Waals surface area contributed by atoms with Gasteiger partial charge in [0.15, 0.2) is 0 Å². The highest BCUT2D eigenvalue weighted by Gasteiger charge is 2.02. The summed E-state index contributed by atoms with van der Waals surface area (Å²) < 4.78 is 1.85. The Morgan fingerprint density at radius 3 is 2.73 bits per heavy atom. The second-order valence-electron chi connectivity index (χ2n) is 3.73. The topological polar surface area (TPSA) is 17.8 Å². The van der Waals surface area contributed by atoms with Crippen molar-refractivity contribution in [2.24, 2.45) is 0 Å². The van der Waals surface area contributed by atoms with Gasteiger partial charge in [-0.2, -0.15) is 5.10 Å². The smallest absolute Gasteiger partial charge is 0.127 e. The summed E-state index contributed by atoms with van der Waals surface area (Å²) in [6.07, 6.45) is 8.04. The molecule has 0 spiro atoms. The van der Waals surface area contributed by atoms with Crippen LogP contribution in [0.1, 0.15) is 44.7 Å². The predicted molar refractivity (Wildman–Crippen MR) is 66.1 cm³/mol. The SMILES string of the molecule is C=Cc1cc(Cl)n(CCCCCCC)n1. The summed E-state index contributed by atoms with van der Waals surface area (Å²) in [7, 11) is 0. The zero-order chi connectivity index (χ0) is 11.1. The Balaban J connectivity index is 2.30. The molecule has 0 fully saturated rings. The van der Waals surface area contributed by atoms with Crippen molar-refractivity contribution in [3.63, 3.8) is 0 Å². The van der Waals surface area contributed by atoms with Crippen LogP contribution in [-0.2, 0) is 6.54 Å². The van der Waals surface area contributed by atoms with Gasteiger partial charge in [0.05, 0.1) is 5.69 Å². The maximum absolute atomic E-state index is 6.02. The van der Waals surface area contributed by atoms with Crippen molar-refractivity contribution >= 4 is 17.7 Å². The maximum Gasteiger partial charge on any atom is 0.127 e. The van der Waals surface area contributed by atoms with Crippen LogP contribution in [0, 0.1) is 0 Å². The second kappa shape index (κ2) is 6.67. The summed E-state index contributed by atoms with van der Waals surface area (Å²) in [6, 6.07) is 1.85. The first kappa shape index (κ1) is 12.3. The third-order valence-electron chi connectivity index (χ3n) is 2.43. The minimum Gasteiger partial charge on any atom is -0.253 e. The fourth-order valence-corrected chi connectivity index (χ4v) is 1.77. The summed E-state index contributed by atoms with van der Waals surface area (Å²) in [5.41, 5.74) is 0.855. The highest BCUT2D eigenvalue weighted by Crippen LogP contribution is 2.13. The molecule has 0 aliphatic carbocycles. The third kappa shape index (κ3) is 4.08. The van der Waals surface area contributed by atoms with Gasteiger partial charge in [0.2, 0.25) is 0 Å². The van der Waals surface area contributed by atoms with E-state index in [0.29, 0.717) is 5.15 Å². The first-order chi connectivity index (χ1) is 7.27. The van der Waals surface area contributed by atoms with E-state index < -0.39 is 0 Å². The first-order valence-electron chi connectivity index (χ1n) is 5.63. The average molecular weight is 227 g/mol. The summed E-state index contributed by atoms with van der Waals surface area (Å²) in [5, 5.41) is 5.02. The zero-order valence-electron chi connectivity index (χ0n) is 9.38. The van der Waals surface area contributed by atoms with Crippen molar-refractivity contribution < 1.29 is 0 Å². The minimum absolute atomic E-state index is 0.709. The van der Waals surface area contributed by atoms with Crippen molar-refractivity contribution in [3.8, 4) is 0 Å². The molecule has 15 heavy (non-hydrogen) atoms. The van der Waals surface area contributed by atoms with Gasteiger partial charge in [-0.1, -0.05) is 50.8 Å². The molecule has 0 atom stereocenters. The van der Waals surface area contributed by atoms with Gasteiger partial charge in [0.1, 0.15) is 5.15 Å². The van der Waals surface area contributed by atoms with E-state index in [9.17, 15) is 0 Å². The lowest BCUT2D eigenvalue weighted by Gasteiger charge is -2.02. The van der Waals surface area contributed by atoms with Crippen LogP contribution < -0.4 is 0 Å². The molecule has 0 aromatic carbocycles. The van der Waals surface area contributed by atoms with Crippen LogP contribution in [0.4, 0.5) is 0 Å². The Labute approximate surface area is 96.9 Å². The van der Waals surface area contributed by atoms with Gasteiger partial charge >= 0.3 is 0 Å². The first-order valence-corrected chi connectivity index (χ1v) is 6.01. The molecule has 0 amide bonds. The van der Waals surface area contributed by atoms with Crippen LogP contribution in [0.5, 0.6) is 0 Å². The summed E-state index contributed by atoms with van der Waals surface area (Å²) >= 11 is 6.02. The number of aryl methyl sites for hydroxylation is 1. The Morgan fingerprint density at radius 2 is 2.13 bits per heavy atom. The number of hydrogen-bond acceptors (Lipinski definition) is 1. The molecule has 84 valence electrons. The van der Waals surface area contributed by atoms with E-state index in [4.69, 9.17) is 11.6 Å². The lowest BCUT2D eigenvalue weighted by Crippen LogP contribution is -2.00. The van der Waals surface area contributed by atoms with Crippen molar-refractivity contribution in [3.05, 3.63) is 23.5 Å². The van der Waals surface area contributed by atoms with Crippen molar-refractivity contribution in [1.82, 2.24) is 9.78 Å². The molecule has 0 unspecified atom stereocenters. The highest BCUT2D eigenvalue weighted by molar-refractivity contribution is 6.29. The molecular weight excluding hydrogens is 208 g/mol. The van der Waals surface area contributed by atoms with E-state index in [1.54, 1.807) is 6.08 Å². The Hall–Kier alpha value is -0.760. The van der Waals surface area contributed by atoms with E-state index in [2.05, 4.69) is 18.6 Å². The molecule has 1 heterocycles.